The Hall–Kier alpha value is -2.05. The quantitative estimate of drug-likeness (QED) is 0.698. The molecule has 6 heteroatoms. The summed E-state index contributed by atoms with van der Waals surface area (Å²) < 4.78 is 22.3. The molecular formula is C20H27NO5. The van der Waals surface area contributed by atoms with Crippen LogP contribution in [0.3, 0.4) is 0 Å². The highest BCUT2D eigenvalue weighted by atomic mass is 16.7. The molecule has 26 heavy (non-hydrogen) atoms. The Kier molecular flexibility index (Phi) is 6.52. The summed E-state index contributed by atoms with van der Waals surface area (Å²) >= 11 is 0. The maximum atomic E-state index is 12.6. The zero-order valence-electron chi connectivity index (χ0n) is 15.3. The topological polar surface area (TPSA) is 57.2 Å². The van der Waals surface area contributed by atoms with Gasteiger partial charge in [0.2, 0.25) is 0 Å². The lowest BCUT2D eigenvalue weighted by atomic mass is 9.97. The molecule has 0 radical (unpaired) electrons. The van der Waals surface area contributed by atoms with Gasteiger partial charge in [-0.3, -0.25) is 4.79 Å². The van der Waals surface area contributed by atoms with Crippen LogP contribution in [0.2, 0.25) is 0 Å². The molecule has 1 atom stereocenters. The van der Waals surface area contributed by atoms with E-state index < -0.39 is 0 Å². The van der Waals surface area contributed by atoms with Gasteiger partial charge in [-0.25, -0.2) is 0 Å². The monoisotopic (exact) mass is 361 g/mol. The fourth-order valence-electron chi connectivity index (χ4n) is 3.46. The summed E-state index contributed by atoms with van der Waals surface area (Å²) in [5, 5.41) is 0. The molecule has 0 aromatic heterocycles. The van der Waals surface area contributed by atoms with Gasteiger partial charge >= 0.3 is 0 Å². The van der Waals surface area contributed by atoms with Crippen molar-refractivity contribution >= 4 is 5.91 Å². The average Bonchev–Trinajstić information content (AvgIpc) is 3.22. The van der Waals surface area contributed by atoms with Crippen molar-refractivity contribution in [1.82, 2.24) is 4.90 Å². The van der Waals surface area contributed by atoms with E-state index in [2.05, 4.69) is 6.58 Å². The molecule has 1 aromatic carbocycles. The van der Waals surface area contributed by atoms with Crippen molar-refractivity contribution in [2.45, 2.75) is 25.6 Å². The van der Waals surface area contributed by atoms with Gasteiger partial charge in [-0.05, 0) is 37.0 Å². The number of rotatable bonds is 7. The predicted octanol–water partition coefficient (Wildman–Crippen LogP) is 2.41. The number of carbonyl (C=O) groups excluding carboxylic acids is 1. The summed E-state index contributed by atoms with van der Waals surface area (Å²) in [5.74, 6) is 1.42. The van der Waals surface area contributed by atoms with Crippen molar-refractivity contribution < 1.29 is 23.7 Å². The third-order valence-corrected chi connectivity index (χ3v) is 4.80. The van der Waals surface area contributed by atoms with Crippen molar-refractivity contribution in [3.63, 3.8) is 0 Å². The van der Waals surface area contributed by atoms with Crippen LogP contribution in [0.5, 0.6) is 11.5 Å². The first-order chi connectivity index (χ1) is 12.7. The summed E-state index contributed by atoms with van der Waals surface area (Å²) in [4.78, 5) is 14.4. The molecule has 1 amide bonds. The highest BCUT2D eigenvalue weighted by molar-refractivity contribution is 5.78. The van der Waals surface area contributed by atoms with E-state index in [0.717, 1.165) is 31.4 Å². The number of ether oxygens (including phenoxy) is 4. The highest BCUT2D eigenvalue weighted by Gasteiger charge is 2.32. The van der Waals surface area contributed by atoms with Gasteiger partial charge in [-0.2, -0.15) is 0 Å². The number of benzene rings is 1. The van der Waals surface area contributed by atoms with Crippen molar-refractivity contribution in [1.29, 1.82) is 0 Å². The van der Waals surface area contributed by atoms with Crippen LogP contribution in [-0.4, -0.2) is 57.1 Å². The Balaban J connectivity index is 1.55. The summed E-state index contributed by atoms with van der Waals surface area (Å²) in [7, 11) is 1.60. The van der Waals surface area contributed by atoms with E-state index in [0.29, 0.717) is 31.3 Å². The molecule has 2 aliphatic rings. The number of amides is 1. The molecule has 0 spiro atoms. The Bertz CT molecular complexity index is 627. The molecule has 0 aliphatic carbocycles. The molecule has 2 fully saturated rings. The van der Waals surface area contributed by atoms with E-state index in [4.69, 9.17) is 18.9 Å². The molecule has 1 unspecified atom stereocenters. The fourth-order valence-corrected chi connectivity index (χ4v) is 3.46. The molecule has 3 rings (SSSR count). The van der Waals surface area contributed by atoms with Gasteiger partial charge in [0.25, 0.3) is 5.91 Å². The smallest absolute Gasteiger partial charge is 0.260 e. The lowest BCUT2D eigenvalue weighted by molar-refractivity contribution is -0.141. The summed E-state index contributed by atoms with van der Waals surface area (Å²) in [6, 6.07) is 5.70. The number of nitrogens with zero attached hydrogens (tertiary/aromatic N) is 1. The molecule has 2 saturated heterocycles. The Morgan fingerprint density at radius 2 is 2.15 bits per heavy atom. The van der Waals surface area contributed by atoms with Gasteiger partial charge in [0, 0.05) is 19.0 Å². The highest BCUT2D eigenvalue weighted by Crippen LogP contribution is 2.29. The van der Waals surface area contributed by atoms with Gasteiger partial charge in [-0.1, -0.05) is 12.1 Å². The van der Waals surface area contributed by atoms with E-state index in [1.165, 1.54) is 0 Å². The van der Waals surface area contributed by atoms with Crippen molar-refractivity contribution in [3.8, 4) is 11.5 Å². The Morgan fingerprint density at radius 3 is 2.88 bits per heavy atom. The minimum atomic E-state index is -0.177. The van der Waals surface area contributed by atoms with Crippen molar-refractivity contribution in [2.24, 2.45) is 5.92 Å². The third-order valence-electron chi connectivity index (χ3n) is 4.80. The molecule has 6 nitrogen and oxygen atoms in total. The maximum absolute atomic E-state index is 12.6. The molecular weight excluding hydrogens is 334 g/mol. The number of carbonyl (C=O) groups is 1. The summed E-state index contributed by atoms with van der Waals surface area (Å²) in [6.07, 6.45) is 4.40. The largest absolute Gasteiger partial charge is 0.493 e. The van der Waals surface area contributed by atoms with Crippen LogP contribution in [0, 0.1) is 5.92 Å². The number of methoxy groups -OCH3 is 1. The summed E-state index contributed by atoms with van der Waals surface area (Å²) in [6.45, 7) is 6.42. The van der Waals surface area contributed by atoms with Crippen LogP contribution in [0.25, 0.3) is 0 Å². The van der Waals surface area contributed by atoms with Crippen LogP contribution in [-0.2, 0) is 20.7 Å². The minimum Gasteiger partial charge on any atom is -0.493 e. The predicted molar refractivity (Wildman–Crippen MR) is 97.4 cm³/mol. The molecule has 1 aromatic rings. The van der Waals surface area contributed by atoms with Crippen LogP contribution in [0.4, 0.5) is 0 Å². The minimum absolute atomic E-state index is 0.00370. The first-order valence-corrected chi connectivity index (χ1v) is 9.13. The van der Waals surface area contributed by atoms with Crippen LogP contribution < -0.4 is 9.47 Å². The van der Waals surface area contributed by atoms with E-state index in [1.54, 1.807) is 7.11 Å². The maximum Gasteiger partial charge on any atom is 0.260 e. The standard InChI is InChI=1S/C20H27NO5/c1-3-5-15-7-8-17(18(12-15)23-2)26-14-19(22)21-9-4-6-16(13-21)20-24-10-11-25-20/h3,7-8,12,16,20H,1,4-6,9-11,13-14H2,2H3. The van der Waals surface area contributed by atoms with Gasteiger partial charge in [0.15, 0.2) is 24.4 Å². The van der Waals surface area contributed by atoms with Gasteiger partial charge in [-0.15, -0.1) is 6.58 Å². The molecule has 142 valence electrons. The second-order valence-electron chi connectivity index (χ2n) is 6.62. The number of hydrogen-bond donors (Lipinski definition) is 0. The Labute approximate surface area is 154 Å². The van der Waals surface area contributed by atoms with Crippen LogP contribution >= 0.6 is 0 Å². The fraction of sp³-hybridized carbons (Fsp3) is 0.550. The third kappa shape index (κ3) is 4.56. The summed E-state index contributed by atoms with van der Waals surface area (Å²) in [5.41, 5.74) is 1.09. The average molecular weight is 361 g/mol. The van der Waals surface area contributed by atoms with E-state index in [-0.39, 0.29) is 24.7 Å². The Morgan fingerprint density at radius 1 is 1.35 bits per heavy atom. The molecule has 2 aliphatic heterocycles. The van der Waals surface area contributed by atoms with Gasteiger partial charge in [0.05, 0.1) is 20.3 Å². The molecule has 0 N–H and O–H groups in total. The van der Waals surface area contributed by atoms with Gasteiger partial charge < -0.3 is 23.8 Å². The van der Waals surface area contributed by atoms with E-state index in [9.17, 15) is 4.79 Å². The lowest BCUT2D eigenvalue weighted by Crippen LogP contribution is -2.45. The number of allylic oxidation sites excluding steroid dienone is 1. The van der Waals surface area contributed by atoms with Gasteiger partial charge in [0.1, 0.15) is 0 Å². The van der Waals surface area contributed by atoms with E-state index >= 15 is 0 Å². The van der Waals surface area contributed by atoms with Crippen molar-refractivity contribution in [2.75, 3.05) is 40.0 Å². The normalized spacial score (nSPS) is 20.8. The number of hydrogen-bond acceptors (Lipinski definition) is 5. The molecule has 2 heterocycles. The zero-order valence-corrected chi connectivity index (χ0v) is 15.3. The number of likely N-dealkylation sites (tertiary alicyclic amines) is 1. The zero-order chi connectivity index (χ0) is 18.4. The van der Waals surface area contributed by atoms with Crippen LogP contribution in [0.15, 0.2) is 30.9 Å². The van der Waals surface area contributed by atoms with Crippen molar-refractivity contribution in [3.05, 3.63) is 36.4 Å². The van der Waals surface area contributed by atoms with Crippen LogP contribution in [0.1, 0.15) is 18.4 Å². The molecule has 0 bridgehead atoms. The van der Waals surface area contributed by atoms with E-state index in [1.807, 2.05) is 29.2 Å². The first kappa shape index (κ1) is 18.7. The second-order valence-corrected chi connectivity index (χ2v) is 6.62. The number of piperidine rings is 1. The molecule has 0 saturated carbocycles. The first-order valence-electron chi connectivity index (χ1n) is 9.13. The second kappa shape index (κ2) is 9.05. The lowest BCUT2D eigenvalue weighted by Gasteiger charge is -2.34. The SMILES string of the molecule is C=CCc1ccc(OCC(=O)N2CCCC(C3OCCO3)C2)c(OC)c1.